The number of nitrogens with one attached hydrogen (secondary N) is 1. The second-order valence-corrected chi connectivity index (χ2v) is 24.0. The van der Waals surface area contributed by atoms with Gasteiger partial charge in [-0.3, -0.25) is 4.79 Å². The van der Waals surface area contributed by atoms with Crippen LogP contribution in [0.4, 0.5) is 0 Å². The number of carbonyl (C=O) groups excluding carboxylic acids is 1. The lowest BCUT2D eigenvalue weighted by atomic mass is 9.99. The summed E-state index contributed by atoms with van der Waals surface area (Å²) in [5, 5.41) is 54.9. The van der Waals surface area contributed by atoms with Crippen molar-refractivity contribution in [3.63, 3.8) is 0 Å². The van der Waals surface area contributed by atoms with Gasteiger partial charge in [0.1, 0.15) is 24.4 Å². The molecule has 1 aliphatic heterocycles. The van der Waals surface area contributed by atoms with E-state index in [9.17, 15) is 30.3 Å². The van der Waals surface area contributed by atoms with Crippen molar-refractivity contribution < 1.29 is 39.8 Å². The highest BCUT2D eigenvalue weighted by Gasteiger charge is 2.44. The number of carbonyl (C=O) groups is 1. The molecule has 0 aromatic carbocycles. The van der Waals surface area contributed by atoms with Crippen LogP contribution < -0.4 is 5.32 Å². The van der Waals surface area contributed by atoms with Crippen molar-refractivity contribution in [1.82, 2.24) is 5.32 Å². The van der Waals surface area contributed by atoms with Gasteiger partial charge in [-0.05, 0) is 12.8 Å². The van der Waals surface area contributed by atoms with Crippen molar-refractivity contribution in [2.45, 2.75) is 403 Å². The molecule has 0 aromatic rings. The van der Waals surface area contributed by atoms with Gasteiger partial charge in [-0.2, -0.15) is 0 Å². The maximum absolute atomic E-state index is 13.1. The first-order chi connectivity index (χ1) is 36.8. The first-order valence-electron chi connectivity index (χ1n) is 33.7. The molecule has 6 N–H and O–H groups in total. The predicted octanol–water partition coefficient (Wildman–Crippen LogP) is 17.8. The molecular formula is C66H131NO8. The number of hydrogen-bond acceptors (Lipinski definition) is 8. The largest absolute Gasteiger partial charge is 0.394 e. The van der Waals surface area contributed by atoms with E-state index in [-0.39, 0.29) is 12.5 Å². The van der Waals surface area contributed by atoms with Crippen molar-refractivity contribution >= 4 is 5.91 Å². The first kappa shape index (κ1) is 72.2. The molecular weight excluding hydrogens is 935 g/mol. The summed E-state index contributed by atoms with van der Waals surface area (Å²) in [6.07, 6.45) is 63.0. The quantitative estimate of drug-likeness (QED) is 0.0330. The van der Waals surface area contributed by atoms with E-state index >= 15 is 0 Å². The SMILES string of the molecule is CCCCCCCCCCCCCCCCCCCCCCCCCCCCCC(O)C(COC1OC(CO)C(O)C(O)C1O)NC(=O)CCCCCCCCCCCCCCCCCCCCCCCCCCC. The average Bonchev–Trinajstić information content (AvgIpc) is 3.41. The highest BCUT2D eigenvalue weighted by atomic mass is 16.7. The number of aliphatic hydroxyl groups excluding tert-OH is 5. The molecule has 0 saturated carbocycles. The topological polar surface area (TPSA) is 149 Å². The van der Waals surface area contributed by atoms with Gasteiger partial charge in [0.25, 0.3) is 0 Å². The Bertz CT molecular complexity index is 1140. The monoisotopic (exact) mass is 1070 g/mol. The lowest BCUT2D eigenvalue weighted by Crippen LogP contribution is -2.60. The van der Waals surface area contributed by atoms with Crippen LogP contribution >= 0.6 is 0 Å². The Hall–Kier alpha value is -0.810. The van der Waals surface area contributed by atoms with E-state index in [2.05, 4.69) is 19.2 Å². The highest BCUT2D eigenvalue weighted by Crippen LogP contribution is 2.24. The van der Waals surface area contributed by atoms with Crippen molar-refractivity contribution in [2.24, 2.45) is 0 Å². The second kappa shape index (κ2) is 56.5. The average molecular weight is 1070 g/mol. The van der Waals surface area contributed by atoms with Gasteiger partial charge >= 0.3 is 0 Å². The third-order valence-electron chi connectivity index (χ3n) is 16.7. The number of aliphatic hydroxyl groups is 5. The number of rotatable bonds is 60. The summed E-state index contributed by atoms with van der Waals surface area (Å²) in [5.41, 5.74) is 0. The summed E-state index contributed by atoms with van der Waals surface area (Å²) < 4.78 is 11.4. The molecule has 0 aliphatic carbocycles. The molecule has 0 spiro atoms. The van der Waals surface area contributed by atoms with Crippen LogP contribution in [-0.2, 0) is 14.3 Å². The Labute approximate surface area is 465 Å². The van der Waals surface area contributed by atoms with Crippen molar-refractivity contribution in [2.75, 3.05) is 13.2 Å². The summed E-state index contributed by atoms with van der Waals surface area (Å²) in [5.74, 6) is -0.134. The Morgan fingerprint density at radius 1 is 0.400 bits per heavy atom. The Balaban J connectivity index is 2.12. The van der Waals surface area contributed by atoms with Crippen LogP contribution in [0.5, 0.6) is 0 Å². The van der Waals surface area contributed by atoms with Crippen LogP contribution in [-0.4, -0.2) is 87.5 Å². The fourth-order valence-corrected chi connectivity index (χ4v) is 11.4. The van der Waals surface area contributed by atoms with Gasteiger partial charge < -0.3 is 40.3 Å². The standard InChI is InChI=1S/C66H131NO8/c1-3-5-7-9-11-13-15-17-19-21-23-25-27-29-30-32-33-35-37-39-41-43-45-47-49-51-53-55-60(69)59(58-74-66-65(73)64(72)63(71)61(57-68)75-66)67-62(70)56-54-52-50-48-46-44-42-40-38-36-34-31-28-26-24-22-20-18-16-14-12-10-8-6-4-2/h59-61,63-66,68-69,71-73H,3-58H2,1-2H3,(H,67,70). The van der Waals surface area contributed by atoms with E-state index in [1.165, 1.54) is 295 Å². The highest BCUT2D eigenvalue weighted by molar-refractivity contribution is 5.76. The number of ether oxygens (including phenoxy) is 2. The Morgan fingerprint density at radius 2 is 0.667 bits per heavy atom. The van der Waals surface area contributed by atoms with Crippen LogP contribution in [0.15, 0.2) is 0 Å². The van der Waals surface area contributed by atoms with Crippen molar-refractivity contribution in [3.8, 4) is 0 Å². The summed E-state index contributed by atoms with van der Waals surface area (Å²) >= 11 is 0. The van der Waals surface area contributed by atoms with E-state index in [1.807, 2.05) is 0 Å². The molecule has 0 aromatic heterocycles. The molecule has 1 fully saturated rings. The van der Waals surface area contributed by atoms with Crippen molar-refractivity contribution in [3.05, 3.63) is 0 Å². The third-order valence-corrected chi connectivity index (χ3v) is 16.7. The minimum atomic E-state index is -1.55. The Morgan fingerprint density at radius 3 is 0.947 bits per heavy atom. The molecule has 448 valence electrons. The van der Waals surface area contributed by atoms with Crippen LogP contribution in [0.1, 0.15) is 361 Å². The van der Waals surface area contributed by atoms with Gasteiger partial charge in [0.05, 0.1) is 25.4 Å². The fourth-order valence-electron chi connectivity index (χ4n) is 11.4. The van der Waals surface area contributed by atoms with Gasteiger partial charge in [-0.1, -0.05) is 341 Å². The van der Waals surface area contributed by atoms with Crippen molar-refractivity contribution in [1.29, 1.82) is 0 Å². The molecule has 1 heterocycles. The van der Waals surface area contributed by atoms with Gasteiger partial charge in [0.15, 0.2) is 6.29 Å². The molecule has 7 unspecified atom stereocenters. The third kappa shape index (κ3) is 45.6. The molecule has 75 heavy (non-hydrogen) atoms. The summed E-state index contributed by atoms with van der Waals surface area (Å²) in [6.45, 7) is 3.91. The summed E-state index contributed by atoms with van der Waals surface area (Å²) in [6, 6.07) is -0.715. The molecule has 1 rings (SSSR count). The lowest BCUT2D eigenvalue weighted by molar-refractivity contribution is -0.302. The summed E-state index contributed by atoms with van der Waals surface area (Å²) in [7, 11) is 0. The zero-order valence-electron chi connectivity index (χ0n) is 50.1. The number of amides is 1. The minimum absolute atomic E-state index is 0.130. The zero-order chi connectivity index (χ0) is 54.3. The van der Waals surface area contributed by atoms with Gasteiger partial charge in [-0.25, -0.2) is 0 Å². The molecule has 9 heteroatoms. The van der Waals surface area contributed by atoms with Crippen LogP contribution in [0.2, 0.25) is 0 Å². The molecule has 9 nitrogen and oxygen atoms in total. The first-order valence-corrected chi connectivity index (χ1v) is 33.7. The second-order valence-electron chi connectivity index (χ2n) is 24.0. The lowest BCUT2D eigenvalue weighted by Gasteiger charge is -2.40. The zero-order valence-corrected chi connectivity index (χ0v) is 50.1. The van der Waals surface area contributed by atoms with E-state index in [1.54, 1.807) is 0 Å². The van der Waals surface area contributed by atoms with Gasteiger partial charge in [0.2, 0.25) is 5.91 Å². The smallest absolute Gasteiger partial charge is 0.220 e. The predicted molar refractivity (Wildman–Crippen MR) is 318 cm³/mol. The summed E-state index contributed by atoms with van der Waals surface area (Å²) in [4.78, 5) is 13.1. The van der Waals surface area contributed by atoms with Crippen LogP contribution in [0, 0.1) is 0 Å². The molecule has 7 atom stereocenters. The van der Waals surface area contributed by atoms with E-state index in [0.717, 1.165) is 38.5 Å². The maximum Gasteiger partial charge on any atom is 0.220 e. The normalized spacial score (nSPS) is 18.7. The minimum Gasteiger partial charge on any atom is -0.394 e. The number of unbranched alkanes of at least 4 members (excludes halogenated alkanes) is 50. The van der Waals surface area contributed by atoms with Gasteiger partial charge in [-0.15, -0.1) is 0 Å². The molecule has 1 aliphatic rings. The molecule has 0 radical (unpaired) electrons. The van der Waals surface area contributed by atoms with Crippen LogP contribution in [0.3, 0.4) is 0 Å². The number of hydrogen-bond donors (Lipinski definition) is 6. The van der Waals surface area contributed by atoms with E-state index in [4.69, 9.17) is 9.47 Å². The Kier molecular flexibility index (Phi) is 54.4. The van der Waals surface area contributed by atoms with E-state index < -0.39 is 49.5 Å². The van der Waals surface area contributed by atoms with Gasteiger partial charge in [0, 0.05) is 6.42 Å². The molecule has 1 saturated heterocycles. The fraction of sp³-hybridized carbons (Fsp3) is 0.985. The van der Waals surface area contributed by atoms with E-state index in [0.29, 0.717) is 12.8 Å². The van der Waals surface area contributed by atoms with Crippen LogP contribution in [0.25, 0.3) is 0 Å². The maximum atomic E-state index is 13.1. The molecule has 0 bridgehead atoms. The molecule has 1 amide bonds.